The molecule has 2 unspecified atom stereocenters. The Balaban J connectivity index is 0. The molecule has 0 aliphatic heterocycles. The summed E-state index contributed by atoms with van der Waals surface area (Å²) in [5, 5.41) is 0. The maximum Gasteiger partial charge on any atom is -0.00258 e. The predicted octanol–water partition coefficient (Wildman–Crippen LogP) is 17.4. The van der Waals surface area contributed by atoms with Crippen molar-refractivity contribution in [3.63, 3.8) is 0 Å². The summed E-state index contributed by atoms with van der Waals surface area (Å²) in [6, 6.07) is 17.5. The number of rotatable bonds is 10. The average molecular weight is 771 g/mol. The highest BCUT2D eigenvalue weighted by molar-refractivity contribution is 7.59. The Hall–Kier alpha value is -0.860. The van der Waals surface area contributed by atoms with Gasteiger partial charge in [-0.05, 0) is 97.5 Å². The number of aryl methyl sites for hydroxylation is 2. The van der Waals surface area contributed by atoms with Gasteiger partial charge >= 0.3 is 0 Å². The van der Waals surface area contributed by atoms with Crippen LogP contribution in [0.5, 0.6) is 0 Å². The van der Waals surface area contributed by atoms with Crippen molar-refractivity contribution in [2.45, 2.75) is 212 Å². The zero-order valence-corrected chi connectivity index (χ0v) is 38.6. The highest BCUT2D eigenvalue weighted by atomic mass is 32.1. The van der Waals surface area contributed by atoms with Crippen molar-refractivity contribution in [3.8, 4) is 0 Å². The van der Waals surface area contributed by atoms with E-state index in [1.165, 1.54) is 138 Å². The Morgan fingerprint density at radius 3 is 1.23 bits per heavy atom. The molecule has 2 aromatic rings. The van der Waals surface area contributed by atoms with Gasteiger partial charge in [-0.25, -0.2) is 0 Å². The van der Waals surface area contributed by atoms with Crippen LogP contribution in [-0.2, 0) is 6.42 Å². The minimum atomic E-state index is 0. The van der Waals surface area contributed by atoms with E-state index >= 15 is 0 Å². The van der Waals surface area contributed by atoms with Gasteiger partial charge in [0.15, 0.2) is 0 Å². The van der Waals surface area contributed by atoms with Gasteiger partial charge in [0.25, 0.3) is 0 Å². The molecule has 2 heteroatoms. The molecule has 0 spiro atoms. The zero-order valence-electron chi connectivity index (χ0n) is 36.6. The van der Waals surface area contributed by atoms with E-state index in [4.69, 9.17) is 0 Å². The highest BCUT2D eigenvalue weighted by Crippen LogP contribution is 2.50. The molecule has 0 N–H and O–H groups in total. The second-order valence-electron chi connectivity index (χ2n) is 19.1. The van der Waals surface area contributed by atoms with E-state index in [9.17, 15) is 0 Å². The van der Waals surface area contributed by atoms with Gasteiger partial charge in [0, 0.05) is 0 Å². The van der Waals surface area contributed by atoms with E-state index in [2.05, 4.69) is 125 Å². The Labute approximate surface area is 348 Å². The van der Waals surface area contributed by atoms with E-state index in [1.54, 1.807) is 6.42 Å². The van der Waals surface area contributed by atoms with E-state index in [0.29, 0.717) is 10.8 Å². The molecular formula is C51H94S2. The van der Waals surface area contributed by atoms with Gasteiger partial charge in [-0.3, -0.25) is 0 Å². The van der Waals surface area contributed by atoms with E-state index < -0.39 is 0 Å². The maximum absolute atomic E-state index is 2.46. The van der Waals surface area contributed by atoms with Gasteiger partial charge in [-0.15, -0.1) is 0 Å². The number of hydrogen-bond donors (Lipinski definition) is 0. The second-order valence-corrected chi connectivity index (χ2v) is 19.1. The third kappa shape index (κ3) is 24.4. The monoisotopic (exact) mass is 771 g/mol. The molecule has 3 saturated carbocycles. The first-order chi connectivity index (χ1) is 23.8. The van der Waals surface area contributed by atoms with Crippen LogP contribution in [0.3, 0.4) is 0 Å². The molecule has 3 aliphatic carbocycles. The van der Waals surface area contributed by atoms with Gasteiger partial charge in [-0.1, -0.05) is 226 Å². The molecule has 2 atom stereocenters. The summed E-state index contributed by atoms with van der Waals surface area (Å²) in [5.74, 6) is 5.16. The lowest BCUT2D eigenvalue weighted by molar-refractivity contribution is 0.0582. The van der Waals surface area contributed by atoms with E-state index in [0.717, 1.165) is 36.0 Å². The predicted molar refractivity (Wildman–Crippen MR) is 254 cm³/mol. The first kappa shape index (κ1) is 54.2. The first-order valence-electron chi connectivity index (χ1n) is 21.9. The number of hydrogen-bond acceptors (Lipinski definition) is 0. The van der Waals surface area contributed by atoms with Gasteiger partial charge in [0.05, 0.1) is 0 Å². The largest absolute Gasteiger partial charge is 0.197 e. The van der Waals surface area contributed by atoms with Crippen molar-refractivity contribution in [2.75, 3.05) is 0 Å². The second kappa shape index (κ2) is 29.4. The van der Waals surface area contributed by atoms with Crippen molar-refractivity contribution in [1.29, 1.82) is 0 Å². The molecule has 53 heavy (non-hydrogen) atoms. The summed E-state index contributed by atoms with van der Waals surface area (Å²) in [6.45, 7) is 25.7. The normalized spacial score (nSPS) is 25.8. The minimum Gasteiger partial charge on any atom is -0.197 e. The lowest BCUT2D eigenvalue weighted by Gasteiger charge is -2.45. The zero-order chi connectivity index (χ0) is 37.0. The molecule has 310 valence electrons. The molecule has 0 radical (unpaired) electrons. The molecule has 0 amide bonds. The van der Waals surface area contributed by atoms with Crippen molar-refractivity contribution < 1.29 is 0 Å². The molecule has 0 bridgehead atoms. The van der Waals surface area contributed by atoms with E-state index in [-0.39, 0.29) is 34.4 Å². The lowest BCUT2D eigenvalue weighted by Crippen LogP contribution is -2.34. The highest BCUT2D eigenvalue weighted by Gasteiger charge is 2.38. The van der Waals surface area contributed by atoms with Gasteiger partial charge in [-0.2, -0.15) is 27.0 Å². The van der Waals surface area contributed by atoms with Crippen LogP contribution in [0, 0.1) is 54.3 Å². The molecule has 3 fully saturated rings. The Morgan fingerprint density at radius 1 is 0.528 bits per heavy atom. The van der Waals surface area contributed by atoms with Crippen LogP contribution < -0.4 is 0 Å². The fourth-order valence-corrected chi connectivity index (χ4v) is 9.53. The smallest absolute Gasteiger partial charge is 0.00258 e. The fourth-order valence-electron chi connectivity index (χ4n) is 9.53. The van der Waals surface area contributed by atoms with Crippen LogP contribution in [0.1, 0.15) is 214 Å². The molecule has 0 nitrogen and oxygen atoms in total. The lowest BCUT2D eigenvalue weighted by atomic mass is 9.60. The SMILES string of the molecule is C.CC1CCC(CC2CCC(C)CC2)CC1.CCC1(C)CC(C)CC(C)(C)C1.CCCCCCCC.Cc1ccc(Cc2ccc(C)cc2)cc1.S.S. The van der Waals surface area contributed by atoms with Crippen molar-refractivity contribution >= 4 is 27.0 Å². The third-order valence-electron chi connectivity index (χ3n) is 12.5. The van der Waals surface area contributed by atoms with Crippen molar-refractivity contribution in [1.82, 2.24) is 0 Å². The summed E-state index contributed by atoms with van der Waals surface area (Å²) in [5.41, 5.74) is 6.61. The van der Waals surface area contributed by atoms with Crippen LogP contribution in [0.15, 0.2) is 48.5 Å². The van der Waals surface area contributed by atoms with Crippen molar-refractivity contribution in [3.05, 3.63) is 70.8 Å². The quantitative estimate of drug-likeness (QED) is 0.211. The summed E-state index contributed by atoms with van der Waals surface area (Å²) in [7, 11) is 0. The summed E-state index contributed by atoms with van der Waals surface area (Å²) >= 11 is 0. The van der Waals surface area contributed by atoms with Crippen LogP contribution >= 0.6 is 27.0 Å². The molecule has 0 aromatic heterocycles. The van der Waals surface area contributed by atoms with Gasteiger partial charge in [0.2, 0.25) is 0 Å². The standard InChI is InChI=1S/C15H28.C15H16.C12H24.C8H18.CH4.2H2S/c2*1-12-3-7-14(8-4-12)11-15-9-5-13(2)6-10-15;1-6-12(5)8-10(2)7-11(3,4)9-12;1-3-5-7-8-6-4-2;;;/h12-15H,3-11H2,1-2H3;3-10H,11H2,1-2H3;10H,6-9H2,1-5H3;3-8H2,1-2H3;1H4;2*1H2. The Kier molecular flexibility index (Phi) is 30.1. The summed E-state index contributed by atoms with van der Waals surface area (Å²) in [4.78, 5) is 0. The van der Waals surface area contributed by atoms with E-state index in [1.807, 2.05) is 0 Å². The number of benzene rings is 2. The van der Waals surface area contributed by atoms with Gasteiger partial charge in [0.1, 0.15) is 0 Å². The van der Waals surface area contributed by atoms with Crippen LogP contribution in [0.2, 0.25) is 0 Å². The summed E-state index contributed by atoms with van der Waals surface area (Å²) in [6.07, 6.45) is 28.9. The Bertz CT molecular complexity index is 1030. The minimum absolute atomic E-state index is 0. The molecule has 0 heterocycles. The van der Waals surface area contributed by atoms with Crippen LogP contribution in [0.25, 0.3) is 0 Å². The van der Waals surface area contributed by atoms with Crippen molar-refractivity contribution in [2.24, 2.45) is 40.4 Å². The molecular weight excluding hydrogens is 677 g/mol. The average Bonchev–Trinajstić information content (AvgIpc) is 3.07. The Morgan fingerprint density at radius 2 is 0.906 bits per heavy atom. The molecule has 5 rings (SSSR count). The van der Waals surface area contributed by atoms with Crippen LogP contribution in [0.4, 0.5) is 0 Å². The molecule has 3 aliphatic rings. The topological polar surface area (TPSA) is 0 Å². The molecule has 2 aromatic carbocycles. The number of unbranched alkanes of at least 4 members (excludes halogenated alkanes) is 5. The summed E-state index contributed by atoms with van der Waals surface area (Å²) < 4.78 is 0. The fraction of sp³-hybridized carbons (Fsp3) is 0.765. The first-order valence-corrected chi connectivity index (χ1v) is 21.9. The molecule has 0 saturated heterocycles. The maximum atomic E-state index is 2.46. The van der Waals surface area contributed by atoms with Crippen LogP contribution in [-0.4, -0.2) is 0 Å². The third-order valence-corrected chi connectivity index (χ3v) is 12.5. The van der Waals surface area contributed by atoms with Gasteiger partial charge < -0.3 is 0 Å².